The number of amides is 4. The number of para-hydroxylation sites is 1. The number of likely N-dealkylation sites (tertiary alicyclic amines) is 2. The van der Waals surface area contributed by atoms with E-state index < -0.39 is 45.2 Å². The van der Waals surface area contributed by atoms with E-state index in [0.29, 0.717) is 23.3 Å². The molecule has 3 fully saturated rings. The Labute approximate surface area is 241 Å². The van der Waals surface area contributed by atoms with Gasteiger partial charge in [-0.25, -0.2) is 0 Å². The smallest absolute Gasteiger partial charge is 0.253 e. The number of hydrogen-bond acceptors (Lipinski definition) is 6. The normalized spacial score (nSPS) is 33.0. The molecule has 1 saturated carbocycles. The quantitative estimate of drug-likeness (QED) is 0.318. The van der Waals surface area contributed by atoms with Gasteiger partial charge in [-0.2, -0.15) is 0 Å². The molecule has 0 spiro atoms. The maximum Gasteiger partial charge on any atom is 0.253 e. The fourth-order valence-electron chi connectivity index (χ4n) is 7.08. The van der Waals surface area contributed by atoms with E-state index in [1.807, 2.05) is 36.4 Å². The number of allylic oxidation sites excluding steroid dienone is 2. The van der Waals surface area contributed by atoms with E-state index in [-0.39, 0.29) is 38.0 Å². The van der Waals surface area contributed by atoms with Gasteiger partial charge in [-0.15, -0.1) is 23.2 Å². The second-order valence-electron chi connectivity index (χ2n) is 10.9. The van der Waals surface area contributed by atoms with Gasteiger partial charge in [0.1, 0.15) is 12.4 Å². The molecule has 2 aliphatic carbocycles. The maximum atomic E-state index is 13.9. The first-order valence-corrected chi connectivity index (χ1v) is 14.0. The number of ether oxygens (including phenoxy) is 1. The number of aliphatic hydroxyl groups excluding tert-OH is 1. The first-order chi connectivity index (χ1) is 19.1. The number of fused-ring (bicyclic) bond motifs is 4. The summed E-state index contributed by atoms with van der Waals surface area (Å²) in [6.07, 6.45) is 2.13. The summed E-state index contributed by atoms with van der Waals surface area (Å²) in [6, 6.07) is 16.3. The minimum absolute atomic E-state index is 0.00637. The number of aliphatic hydroxyl groups is 1. The first kappa shape index (κ1) is 27.0. The van der Waals surface area contributed by atoms with Gasteiger partial charge in [0, 0.05) is 18.5 Å². The second-order valence-corrected chi connectivity index (χ2v) is 12.1. The van der Waals surface area contributed by atoms with Crippen LogP contribution in [0.4, 0.5) is 0 Å². The Morgan fingerprint density at radius 3 is 2.38 bits per heavy atom. The van der Waals surface area contributed by atoms with E-state index in [0.717, 1.165) is 10.5 Å². The number of rotatable bonds is 6. The third-order valence-corrected chi connectivity index (χ3v) is 10.3. The summed E-state index contributed by atoms with van der Waals surface area (Å²) < 4.78 is 5.82. The van der Waals surface area contributed by atoms with Crippen molar-refractivity contribution in [2.75, 3.05) is 20.3 Å². The molecule has 10 heteroatoms. The Bertz CT molecular complexity index is 1450. The van der Waals surface area contributed by atoms with Crippen molar-refractivity contribution in [3.05, 3.63) is 77.4 Å². The SMILES string of the molecule is CN1C(=O)[C@]2(Cl)C[C@@H]3C(=CC[C@@H]4C(=O)N(Cc5ccccc5)C(=O)[C@@H]43)[C@H](c3ccccc3OCCO)[C@]2(Cl)C1=O. The van der Waals surface area contributed by atoms with Crippen molar-refractivity contribution < 1.29 is 29.0 Å². The van der Waals surface area contributed by atoms with Crippen LogP contribution in [0.2, 0.25) is 0 Å². The Hall–Kier alpha value is -3.20. The van der Waals surface area contributed by atoms with Crippen LogP contribution in [0.1, 0.15) is 29.9 Å². The molecule has 0 unspecified atom stereocenters. The van der Waals surface area contributed by atoms with Crippen molar-refractivity contribution >= 4 is 46.8 Å². The van der Waals surface area contributed by atoms with Gasteiger partial charge in [-0.1, -0.05) is 60.2 Å². The van der Waals surface area contributed by atoms with Crippen LogP contribution in [-0.2, 0) is 25.7 Å². The van der Waals surface area contributed by atoms with Crippen LogP contribution in [0.15, 0.2) is 66.2 Å². The molecule has 1 N–H and O–H groups in total. The standard InChI is InChI=1S/C30H28Cl2N2O6/c1-33-27(38)29(31)15-21-18(24(30(29,32)28(33)39)19-9-5-6-10-22(19)40-14-13-35)11-12-20-23(21)26(37)34(25(20)36)16-17-7-3-2-4-8-17/h2-11,20-21,23-24,35H,12-16H2,1H3/t20-,21+,23-,24+,29+,30-/m0/s1. The van der Waals surface area contributed by atoms with Crippen molar-refractivity contribution in [3.63, 3.8) is 0 Å². The lowest BCUT2D eigenvalue weighted by atomic mass is 9.56. The van der Waals surface area contributed by atoms with Gasteiger partial charge in [0.05, 0.1) is 25.0 Å². The average Bonchev–Trinajstić information content (AvgIpc) is 3.27. The number of alkyl halides is 2. The molecular formula is C30H28Cl2N2O6. The van der Waals surface area contributed by atoms with Crippen LogP contribution in [0.25, 0.3) is 0 Å². The zero-order chi connectivity index (χ0) is 28.4. The molecule has 2 aromatic carbocycles. The van der Waals surface area contributed by atoms with E-state index in [4.69, 9.17) is 27.9 Å². The minimum Gasteiger partial charge on any atom is -0.491 e. The highest BCUT2D eigenvalue weighted by molar-refractivity contribution is 6.53. The van der Waals surface area contributed by atoms with Crippen LogP contribution in [0.3, 0.4) is 0 Å². The van der Waals surface area contributed by atoms with Crippen molar-refractivity contribution in [3.8, 4) is 5.75 Å². The molecule has 8 nitrogen and oxygen atoms in total. The van der Waals surface area contributed by atoms with E-state index >= 15 is 0 Å². The fraction of sp³-hybridized carbons (Fsp3) is 0.400. The van der Waals surface area contributed by atoms with Crippen LogP contribution in [-0.4, -0.2) is 68.5 Å². The predicted octanol–water partition coefficient (Wildman–Crippen LogP) is 3.25. The average molecular weight is 583 g/mol. The van der Waals surface area contributed by atoms with E-state index in [2.05, 4.69) is 0 Å². The van der Waals surface area contributed by atoms with Crippen molar-refractivity contribution in [2.45, 2.75) is 35.1 Å². The molecule has 4 aliphatic rings. The Balaban J connectivity index is 1.48. The van der Waals surface area contributed by atoms with Gasteiger partial charge < -0.3 is 9.84 Å². The highest BCUT2D eigenvalue weighted by Crippen LogP contribution is 2.66. The predicted molar refractivity (Wildman–Crippen MR) is 146 cm³/mol. The zero-order valence-electron chi connectivity index (χ0n) is 21.8. The summed E-state index contributed by atoms with van der Waals surface area (Å²) in [7, 11) is 1.36. The lowest BCUT2D eigenvalue weighted by Gasteiger charge is -2.51. The number of halogens is 2. The summed E-state index contributed by atoms with van der Waals surface area (Å²) >= 11 is 14.4. The van der Waals surface area contributed by atoms with Crippen molar-refractivity contribution in [2.24, 2.45) is 17.8 Å². The number of carbonyl (C=O) groups is 4. The van der Waals surface area contributed by atoms with E-state index in [1.54, 1.807) is 24.3 Å². The molecule has 0 radical (unpaired) electrons. The summed E-state index contributed by atoms with van der Waals surface area (Å²) in [5.74, 6) is -4.29. The fourth-order valence-corrected chi connectivity index (χ4v) is 8.09. The zero-order valence-corrected chi connectivity index (χ0v) is 23.3. The van der Waals surface area contributed by atoms with Gasteiger partial charge in [-0.3, -0.25) is 29.0 Å². The van der Waals surface area contributed by atoms with Crippen molar-refractivity contribution in [1.82, 2.24) is 9.80 Å². The molecule has 40 heavy (non-hydrogen) atoms. The highest BCUT2D eigenvalue weighted by atomic mass is 35.5. The van der Waals surface area contributed by atoms with Crippen LogP contribution >= 0.6 is 23.2 Å². The minimum atomic E-state index is -1.89. The molecule has 0 bridgehead atoms. The summed E-state index contributed by atoms with van der Waals surface area (Å²) in [5, 5.41) is 9.39. The summed E-state index contributed by atoms with van der Waals surface area (Å²) in [6.45, 7) is -0.0690. The molecule has 2 aromatic rings. The van der Waals surface area contributed by atoms with Gasteiger partial charge in [0.15, 0.2) is 9.75 Å². The molecule has 2 saturated heterocycles. The Morgan fingerprint density at radius 2 is 1.65 bits per heavy atom. The van der Waals surface area contributed by atoms with Gasteiger partial charge in [0.25, 0.3) is 11.8 Å². The van der Waals surface area contributed by atoms with Crippen LogP contribution in [0.5, 0.6) is 5.75 Å². The third kappa shape index (κ3) is 3.62. The summed E-state index contributed by atoms with van der Waals surface area (Å²) in [4.78, 5) is 53.3. The Kier molecular flexibility index (Phi) is 6.56. The molecular weight excluding hydrogens is 555 g/mol. The largest absolute Gasteiger partial charge is 0.491 e. The lowest BCUT2D eigenvalue weighted by molar-refractivity contribution is -0.141. The molecule has 208 valence electrons. The molecule has 6 rings (SSSR count). The molecule has 6 atom stereocenters. The van der Waals surface area contributed by atoms with Gasteiger partial charge >= 0.3 is 0 Å². The Morgan fingerprint density at radius 1 is 0.950 bits per heavy atom. The monoisotopic (exact) mass is 582 g/mol. The molecule has 2 aliphatic heterocycles. The molecule has 0 aromatic heterocycles. The van der Waals surface area contributed by atoms with Crippen LogP contribution in [0, 0.1) is 17.8 Å². The second kappa shape index (κ2) is 9.72. The number of hydrogen-bond donors (Lipinski definition) is 1. The number of nitrogens with zero attached hydrogens (tertiary/aromatic N) is 2. The van der Waals surface area contributed by atoms with Gasteiger partial charge in [-0.05, 0) is 30.4 Å². The van der Waals surface area contributed by atoms with E-state index in [9.17, 15) is 24.3 Å². The molecule has 2 heterocycles. The van der Waals surface area contributed by atoms with E-state index in [1.165, 1.54) is 11.9 Å². The van der Waals surface area contributed by atoms with Crippen LogP contribution < -0.4 is 4.74 Å². The lowest BCUT2D eigenvalue weighted by Crippen LogP contribution is -2.60. The van der Waals surface area contributed by atoms with Crippen molar-refractivity contribution in [1.29, 1.82) is 0 Å². The first-order valence-electron chi connectivity index (χ1n) is 13.3. The topological polar surface area (TPSA) is 104 Å². The highest BCUT2D eigenvalue weighted by Gasteiger charge is 2.76. The van der Waals surface area contributed by atoms with Gasteiger partial charge in [0.2, 0.25) is 11.8 Å². The number of carbonyl (C=O) groups excluding carboxylic acids is 4. The maximum absolute atomic E-state index is 13.9. The number of imide groups is 2. The molecule has 4 amide bonds. The summed E-state index contributed by atoms with van der Waals surface area (Å²) in [5.41, 5.74) is 2.06. The third-order valence-electron chi connectivity index (χ3n) is 8.87. The number of benzene rings is 2.